The monoisotopic (exact) mass is 432 g/mol. The van der Waals surface area contributed by atoms with Crippen LogP contribution in [0.25, 0.3) is 0 Å². The number of rotatable bonds is 10. The molecule has 1 unspecified atom stereocenters. The van der Waals surface area contributed by atoms with Crippen LogP contribution in [0, 0.1) is 17.8 Å². The van der Waals surface area contributed by atoms with Crippen LogP contribution in [0.5, 0.6) is 0 Å². The van der Waals surface area contributed by atoms with E-state index in [2.05, 4.69) is 37.9 Å². The SMILES string of the molecule is CC(C)CN(CCNC(=O)C1CCCN(S(=O)(=O)N2CCOCC2)C1)CC(C)C. The summed E-state index contributed by atoms with van der Waals surface area (Å²) in [5.74, 6) is 0.868. The largest absolute Gasteiger partial charge is 0.379 e. The Morgan fingerprint density at radius 3 is 2.28 bits per heavy atom. The van der Waals surface area contributed by atoms with Crippen molar-refractivity contribution in [2.45, 2.75) is 40.5 Å². The normalized spacial score (nSPS) is 22.5. The Balaban J connectivity index is 1.84. The summed E-state index contributed by atoms with van der Waals surface area (Å²) in [4.78, 5) is 15.1. The molecule has 0 spiro atoms. The number of nitrogens with one attached hydrogen (secondary N) is 1. The molecule has 2 aliphatic rings. The molecule has 2 heterocycles. The van der Waals surface area contributed by atoms with Gasteiger partial charge >= 0.3 is 0 Å². The van der Waals surface area contributed by atoms with E-state index in [9.17, 15) is 13.2 Å². The molecule has 0 aromatic heterocycles. The van der Waals surface area contributed by atoms with Gasteiger partial charge < -0.3 is 15.0 Å². The van der Waals surface area contributed by atoms with Crippen LogP contribution in [-0.2, 0) is 19.7 Å². The third kappa shape index (κ3) is 7.79. The van der Waals surface area contributed by atoms with Crippen LogP contribution in [0.15, 0.2) is 0 Å². The molecule has 1 N–H and O–H groups in total. The van der Waals surface area contributed by atoms with Crippen LogP contribution in [0.4, 0.5) is 0 Å². The van der Waals surface area contributed by atoms with Crippen molar-refractivity contribution in [1.82, 2.24) is 18.8 Å². The number of carbonyl (C=O) groups excluding carboxylic acids is 1. The van der Waals surface area contributed by atoms with E-state index in [-0.39, 0.29) is 18.4 Å². The van der Waals surface area contributed by atoms with E-state index in [1.807, 2.05) is 0 Å². The second kappa shape index (κ2) is 11.6. The van der Waals surface area contributed by atoms with Crippen LogP contribution >= 0.6 is 0 Å². The van der Waals surface area contributed by atoms with Gasteiger partial charge in [0.05, 0.1) is 19.1 Å². The molecule has 0 aliphatic carbocycles. The van der Waals surface area contributed by atoms with Crippen molar-refractivity contribution in [3.05, 3.63) is 0 Å². The summed E-state index contributed by atoms with van der Waals surface area (Å²) in [7, 11) is -3.51. The predicted octanol–water partition coefficient (Wildman–Crippen LogP) is 1.01. The number of hydrogen-bond donors (Lipinski definition) is 1. The van der Waals surface area contributed by atoms with Crippen LogP contribution in [-0.4, -0.2) is 93.4 Å². The minimum absolute atomic E-state index is 0.0269. The number of nitrogens with zero attached hydrogens (tertiary/aromatic N) is 3. The molecule has 1 amide bonds. The van der Waals surface area contributed by atoms with Gasteiger partial charge in [0.25, 0.3) is 10.2 Å². The highest BCUT2D eigenvalue weighted by Crippen LogP contribution is 2.22. The number of morpholine rings is 1. The van der Waals surface area contributed by atoms with E-state index in [0.717, 1.165) is 26.1 Å². The molecule has 0 bridgehead atoms. The molecule has 29 heavy (non-hydrogen) atoms. The summed E-state index contributed by atoms with van der Waals surface area (Å²) in [5, 5.41) is 3.05. The molecular formula is C20H40N4O4S. The maximum Gasteiger partial charge on any atom is 0.282 e. The highest BCUT2D eigenvalue weighted by Gasteiger charge is 2.36. The van der Waals surface area contributed by atoms with Crippen molar-refractivity contribution in [2.75, 3.05) is 65.6 Å². The van der Waals surface area contributed by atoms with E-state index >= 15 is 0 Å². The molecule has 0 saturated carbocycles. The summed E-state index contributed by atoms with van der Waals surface area (Å²) >= 11 is 0. The van der Waals surface area contributed by atoms with Gasteiger partial charge in [0.2, 0.25) is 5.91 Å². The highest BCUT2D eigenvalue weighted by molar-refractivity contribution is 7.86. The second-order valence-corrected chi connectivity index (χ2v) is 11.0. The minimum atomic E-state index is -3.51. The molecule has 2 fully saturated rings. The molecule has 0 radical (unpaired) electrons. The van der Waals surface area contributed by atoms with Gasteiger partial charge in [0, 0.05) is 52.4 Å². The Bertz CT molecular complexity index is 596. The molecule has 8 nitrogen and oxygen atoms in total. The summed E-state index contributed by atoms with van der Waals surface area (Å²) in [5.41, 5.74) is 0. The zero-order valence-electron chi connectivity index (χ0n) is 18.6. The summed E-state index contributed by atoms with van der Waals surface area (Å²) in [6.45, 7) is 14.7. The molecule has 1 atom stereocenters. The van der Waals surface area contributed by atoms with Gasteiger partial charge in [0.1, 0.15) is 0 Å². The minimum Gasteiger partial charge on any atom is -0.379 e. The Hall–Kier alpha value is -0.740. The van der Waals surface area contributed by atoms with Crippen molar-refractivity contribution >= 4 is 16.1 Å². The Morgan fingerprint density at radius 2 is 1.69 bits per heavy atom. The fourth-order valence-electron chi connectivity index (χ4n) is 4.08. The summed E-state index contributed by atoms with van der Waals surface area (Å²) < 4.78 is 34.0. The van der Waals surface area contributed by atoms with Crippen molar-refractivity contribution in [3.8, 4) is 0 Å². The quantitative estimate of drug-likeness (QED) is 0.557. The summed E-state index contributed by atoms with van der Waals surface area (Å²) in [6, 6.07) is 0. The van der Waals surface area contributed by atoms with Crippen LogP contribution in [0.2, 0.25) is 0 Å². The van der Waals surface area contributed by atoms with Crippen LogP contribution in [0.1, 0.15) is 40.5 Å². The van der Waals surface area contributed by atoms with Crippen molar-refractivity contribution in [2.24, 2.45) is 17.8 Å². The predicted molar refractivity (Wildman–Crippen MR) is 115 cm³/mol. The van der Waals surface area contributed by atoms with Gasteiger partial charge in [-0.3, -0.25) is 4.79 Å². The number of amides is 1. The van der Waals surface area contributed by atoms with Gasteiger partial charge in [-0.05, 0) is 24.7 Å². The molecule has 0 aromatic carbocycles. The topological polar surface area (TPSA) is 82.2 Å². The fourth-order valence-corrected chi connectivity index (χ4v) is 5.74. The lowest BCUT2D eigenvalue weighted by Gasteiger charge is -2.36. The summed E-state index contributed by atoms with van der Waals surface area (Å²) in [6.07, 6.45) is 1.46. The van der Waals surface area contributed by atoms with Crippen molar-refractivity contribution in [1.29, 1.82) is 0 Å². The zero-order valence-corrected chi connectivity index (χ0v) is 19.4. The lowest BCUT2D eigenvalue weighted by molar-refractivity contribution is -0.126. The van der Waals surface area contributed by atoms with E-state index in [1.165, 1.54) is 8.61 Å². The van der Waals surface area contributed by atoms with E-state index in [1.54, 1.807) is 0 Å². The third-order valence-corrected chi connectivity index (χ3v) is 7.35. The molecule has 170 valence electrons. The smallest absolute Gasteiger partial charge is 0.282 e. The van der Waals surface area contributed by atoms with E-state index < -0.39 is 10.2 Å². The van der Waals surface area contributed by atoms with Gasteiger partial charge in [-0.1, -0.05) is 27.7 Å². The van der Waals surface area contributed by atoms with Gasteiger partial charge in [0.15, 0.2) is 0 Å². The van der Waals surface area contributed by atoms with E-state index in [0.29, 0.717) is 57.6 Å². The van der Waals surface area contributed by atoms with E-state index in [4.69, 9.17) is 4.74 Å². The number of ether oxygens (including phenoxy) is 1. The van der Waals surface area contributed by atoms with Gasteiger partial charge in [-0.2, -0.15) is 17.0 Å². The lowest BCUT2D eigenvalue weighted by atomic mass is 9.99. The third-order valence-electron chi connectivity index (χ3n) is 5.35. The Kier molecular flexibility index (Phi) is 9.81. The number of hydrogen-bond acceptors (Lipinski definition) is 5. The van der Waals surface area contributed by atoms with Crippen molar-refractivity contribution in [3.63, 3.8) is 0 Å². The fraction of sp³-hybridized carbons (Fsp3) is 0.950. The molecule has 0 aromatic rings. The molecule has 2 saturated heterocycles. The maximum atomic E-state index is 12.9. The van der Waals surface area contributed by atoms with Gasteiger partial charge in [-0.25, -0.2) is 0 Å². The number of carbonyl (C=O) groups is 1. The average molecular weight is 433 g/mol. The molecule has 9 heteroatoms. The van der Waals surface area contributed by atoms with Crippen LogP contribution < -0.4 is 5.32 Å². The highest BCUT2D eigenvalue weighted by atomic mass is 32.2. The molecular weight excluding hydrogens is 392 g/mol. The zero-order chi connectivity index (χ0) is 21.4. The van der Waals surface area contributed by atoms with Gasteiger partial charge in [-0.15, -0.1) is 0 Å². The first kappa shape index (κ1) is 24.5. The first-order valence-electron chi connectivity index (χ1n) is 11.0. The standard InChI is InChI=1S/C20H40N4O4S/c1-17(2)14-22(15-18(3)4)9-7-21-20(25)19-6-5-8-24(16-19)29(26,27)23-10-12-28-13-11-23/h17-19H,5-16H2,1-4H3,(H,21,25). The van der Waals surface area contributed by atoms with Crippen LogP contribution in [0.3, 0.4) is 0 Å². The van der Waals surface area contributed by atoms with Crippen molar-refractivity contribution < 1.29 is 17.9 Å². The first-order chi connectivity index (χ1) is 13.7. The first-order valence-corrected chi connectivity index (χ1v) is 12.4. The average Bonchev–Trinajstić information content (AvgIpc) is 2.67. The molecule has 2 aliphatic heterocycles. The number of piperidine rings is 1. The Labute approximate surface area is 177 Å². The second-order valence-electron chi connectivity index (χ2n) is 9.05. The Morgan fingerprint density at radius 1 is 1.07 bits per heavy atom. The molecule has 2 rings (SSSR count). The lowest BCUT2D eigenvalue weighted by Crippen LogP contribution is -2.53. The maximum absolute atomic E-state index is 12.9.